The molecular weight excluding hydrogens is 204 g/mol. The fourth-order valence-corrected chi connectivity index (χ4v) is 1.36. The highest BCUT2D eigenvalue weighted by Crippen LogP contribution is 2.24. The summed E-state index contributed by atoms with van der Waals surface area (Å²) in [6, 6.07) is 7.16. The molecule has 5 nitrogen and oxygen atoms in total. The summed E-state index contributed by atoms with van der Waals surface area (Å²) in [5.41, 5.74) is 6.03. The highest BCUT2D eigenvalue weighted by molar-refractivity contribution is 5.97. The first-order chi connectivity index (χ1) is 7.66. The summed E-state index contributed by atoms with van der Waals surface area (Å²) in [5.74, 6) is 1.17. The zero-order valence-electron chi connectivity index (χ0n) is 8.84. The van der Waals surface area contributed by atoms with Crippen molar-refractivity contribution in [1.82, 2.24) is 9.78 Å². The van der Waals surface area contributed by atoms with Crippen molar-refractivity contribution in [2.75, 3.05) is 0 Å². The van der Waals surface area contributed by atoms with Crippen molar-refractivity contribution < 1.29 is 4.74 Å². The Hall–Kier alpha value is -2.30. The van der Waals surface area contributed by atoms with Gasteiger partial charge >= 0.3 is 0 Å². The molecule has 82 valence electrons. The molecular formula is C11H12N4O. The van der Waals surface area contributed by atoms with Crippen LogP contribution in [0.4, 0.5) is 0 Å². The van der Waals surface area contributed by atoms with Gasteiger partial charge in [-0.25, -0.2) is 0 Å². The molecule has 2 rings (SSSR count). The minimum absolute atomic E-state index is 0.0144. The molecule has 0 saturated carbocycles. The molecule has 16 heavy (non-hydrogen) atoms. The number of benzene rings is 1. The molecule has 1 heterocycles. The van der Waals surface area contributed by atoms with E-state index in [-0.39, 0.29) is 5.84 Å². The second kappa shape index (κ2) is 4.06. The summed E-state index contributed by atoms with van der Waals surface area (Å²) < 4.78 is 7.23. The summed E-state index contributed by atoms with van der Waals surface area (Å²) in [4.78, 5) is 0. The normalized spacial score (nSPS) is 10.1. The fraction of sp³-hybridized carbons (Fsp3) is 0.0909. The predicted molar refractivity (Wildman–Crippen MR) is 60.7 cm³/mol. The minimum Gasteiger partial charge on any atom is -0.453 e. The number of ether oxygens (including phenoxy) is 1. The van der Waals surface area contributed by atoms with E-state index < -0.39 is 0 Å². The molecule has 0 radical (unpaired) electrons. The standard InChI is InChI=1S/C11H12N4O/c1-15-7-8(6-14-15)16-10-5-3-2-4-9(10)11(12)13/h2-7H,1H3,(H3,12,13). The first-order valence-electron chi connectivity index (χ1n) is 4.77. The molecule has 0 saturated heterocycles. The van der Waals surface area contributed by atoms with Crippen molar-refractivity contribution in [3.05, 3.63) is 42.2 Å². The van der Waals surface area contributed by atoms with Gasteiger partial charge in [0.2, 0.25) is 0 Å². The topological polar surface area (TPSA) is 76.9 Å². The van der Waals surface area contributed by atoms with Crippen molar-refractivity contribution in [2.45, 2.75) is 0 Å². The van der Waals surface area contributed by atoms with Crippen LogP contribution in [0.15, 0.2) is 36.7 Å². The number of para-hydroxylation sites is 1. The van der Waals surface area contributed by atoms with Crippen LogP contribution in [0.2, 0.25) is 0 Å². The van der Waals surface area contributed by atoms with E-state index in [1.807, 2.05) is 19.2 Å². The molecule has 1 aromatic carbocycles. The lowest BCUT2D eigenvalue weighted by atomic mass is 10.2. The Balaban J connectivity index is 2.31. The van der Waals surface area contributed by atoms with E-state index in [0.717, 1.165) is 0 Å². The van der Waals surface area contributed by atoms with Gasteiger partial charge < -0.3 is 10.5 Å². The van der Waals surface area contributed by atoms with Gasteiger partial charge in [-0.15, -0.1) is 0 Å². The summed E-state index contributed by atoms with van der Waals surface area (Å²) in [5, 5.41) is 11.4. The quantitative estimate of drug-likeness (QED) is 0.603. The molecule has 0 fully saturated rings. The van der Waals surface area contributed by atoms with Crippen LogP contribution >= 0.6 is 0 Å². The average molecular weight is 216 g/mol. The van der Waals surface area contributed by atoms with Gasteiger partial charge in [-0.1, -0.05) is 12.1 Å². The highest BCUT2D eigenvalue weighted by Gasteiger charge is 2.07. The van der Waals surface area contributed by atoms with Crippen LogP contribution < -0.4 is 10.5 Å². The number of hydrogen-bond donors (Lipinski definition) is 2. The predicted octanol–water partition coefficient (Wildman–Crippen LogP) is 1.50. The van der Waals surface area contributed by atoms with E-state index in [4.69, 9.17) is 15.9 Å². The van der Waals surface area contributed by atoms with Gasteiger partial charge in [-0.05, 0) is 12.1 Å². The van der Waals surface area contributed by atoms with Crippen molar-refractivity contribution in [2.24, 2.45) is 12.8 Å². The Morgan fingerprint density at radius 3 is 2.81 bits per heavy atom. The molecule has 0 aliphatic rings. The van der Waals surface area contributed by atoms with Crippen molar-refractivity contribution in [1.29, 1.82) is 5.41 Å². The van der Waals surface area contributed by atoms with Gasteiger partial charge in [0, 0.05) is 7.05 Å². The summed E-state index contributed by atoms with van der Waals surface area (Å²) in [7, 11) is 1.81. The zero-order chi connectivity index (χ0) is 11.5. The monoisotopic (exact) mass is 216 g/mol. The lowest BCUT2D eigenvalue weighted by molar-refractivity contribution is 0.481. The number of nitrogens with zero attached hydrogens (tertiary/aromatic N) is 2. The van der Waals surface area contributed by atoms with E-state index in [2.05, 4.69) is 5.10 Å². The number of rotatable bonds is 3. The van der Waals surface area contributed by atoms with E-state index in [9.17, 15) is 0 Å². The largest absolute Gasteiger partial charge is 0.453 e. The summed E-state index contributed by atoms with van der Waals surface area (Å²) in [6.07, 6.45) is 3.35. The van der Waals surface area contributed by atoms with Gasteiger partial charge in [0.1, 0.15) is 11.6 Å². The first kappa shape index (κ1) is 10.2. The second-order valence-electron chi connectivity index (χ2n) is 3.36. The van der Waals surface area contributed by atoms with Crippen LogP contribution in [0.25, 0.3) is 0 Å². The number of nitrogens with one attached hydrogen (secondary N) is 1. The maximum atomic E-state index is 7.42. The maximum absolute atomic E-state index is 7.42. The highest BCUT2D eigenvalue weighted by atomic mass is 16.5. The fourth-order valence-electron chi connectivity index (χ4n) is 1.36. The van der Waals surface area contributed by atoms with E-state index in [1.54, 1.807) is 29.2 Å². The maximum Gasteiger partial charge on any atom is 0.165 e. The lowest BCUT2D eigenvalue weighted by Crippen LogP contribution is -2.11. The van der Waals surface area contributed by atoms with Gasteiger partial charge in [0.05, 0.1) is 18.0 Å². The van der Waals surface area contributed by atoms with Crippen molar-refractivity contribution in [3.8, 4) is 11.5 Å². The van der Waals surface area contributed by atoms with E-state index >= 15 is 0 Å². The molecule has 0 amide bonds. The van der Waals surface area contributed by atoms with Gasteiger partial charge in [0.25, 0.3) is 0 Å². The molecule has 0 aliphatic heterocycles. The number of aryl methyl sites for hydroxylation is 1. The van der Waals surface area contributed by atoms with Crippen LogP contribution in [0.1, 0.15) is 5.56 Å². The van der Waals surface area contributed by atoms with E-state index in [0.29, 0.717) is 17.1 Å². The third kappa shape index (κ3) is 2.03. The van der Waals surface area contributed by atoms with Crippen molar-refractivity contribution in [3.63, 3.8) is 0 Å². The minimum atomic E-state index is -0.0144. The molecule has 0 aliphatic carbocycles. The van der Waals surface area contributed by atoms with Gasteiger partial charge in [-0.3, -0.25) is 10.1 Å². The first-order valence-corrected chi connectivity index (χ1v) is 4.77. The van der Waals surface area contributed by atoms with Crippen molar-refractivity contribution >= 4 is 5.84 Å². The molecule has 0 spiro atoms. The van der Waals surface area contributed by atoms with Crippen LogP contribution in [-0.2, 0) is 7.05 Å². The Labute approximate surface area is 93.0 Å². The molecule has 5 heteroatoms. The van der Waals surface area contributed by atoms with Gasteiger partial charge in [-0.2, -0.15) is 5.10 Å². The zero-order valence-corrected chi connectivity index (χ0v) is 8.84. The lowest BCUT2D eigenvalue weighted by Gasteiger charge is -2.07. The number of nitrogens with two attached hydrogens (primary N) is 1. The third-order valence-electron chi connectivity index (χ3n) is 2.09. The molecule has 1 aromatic heterocycles. The number of aromatic nitrogens is 2. The van der Waals surface area contributed by atoms with Gasteiger partial charge in [0.15, 0.2) is 5.75 Å². The molecule has 0 unspecified atom stereocenters. The average Bonchev–Trinajstić information content (AvgIpc) is 2.64. The van der Waals surface area contributed by atoms with Crippen LogP contribution in [0.5, 0.6) is 11.5 Å². The summed E-state index contributed by atoms with van der Waals surface area (Å²) in [6.45, 7) is 0. The SMILES string of the molecule is Cn1cc(Oc2ccccc2C(=N)N)cn1. The Morgan fingerprint density at radius 1 is 1.44 bits per heavy atom. The van der Waals surface area contributed by atoms with E-state index in [1.165, 1.54) is 0 Å². The second-order valence-corrected chi connectivity index (χ2v) is 3.36. The Bertz CT molecular complexity index is 518. The smallest absolute Gasteiger partial charge is 0.165 e. The number of nitrogen functional groups attached to an aromatic ring is 1. The Morgan fingerprint density at radius 2 is 2.19 bits per heavy atom. The molecule has 2 aromatic rings. The summed E-state index contributed by atoms with van der Waals surface area (Å²) >= 11 is 0. The molecule has 0 bridgehead atoms. The van der Waals surface area contributed by atoms with Crippen LogP contribution in [0, 0.1) is 5.41 Å². The van der Waals surface area contributed by atoms with Crippen LogP contribution in [-0.4, -0.2) is 15.6 Å². The Kier molecular flexibility index (Phi) is 2.59. The third-order valence-corrected chi connectivity index (χ3v) is 2.09. The molecule has 3 N–H and O–H groups in total. The molecule has 0 atom stereocenters. The van der Waals surface area contributed by atoms with Crippen LogP contribution in [0.3, 0.4) is 0 Å². The number of hydrogen-bond acceptors (Lipinski definition) is 3. The number of amidine groups is 1.